The molecule has 2 aromatic rings. The molecule has 0 heterocycles. The first kappa shape index (κ1) is 12.5. The smallest absolute Gasteiger partial charge is 0.193 e. The molecule has 0 fully saturated rings. The number of benzene rings is 2. The fourth-order valence-electron chi connectivity index (χ4n) is 2.51. The molecule has 2 aromatic carbocycles. The number of rotatable bonds is 2. The lowest BCUT2D eigenvalue weighted by atomic mass is 9.85. The molecule has 0 saturated heterocycles. The van der Waals surface area contributed by atoms with Gasteiger partial charge in [-0.1, -0.05) is 44.2 Å². The van der Waals surface area contributed by atoms with Crippen molar-refractivity contribution in [2.24, 2.45) is 0 Å². The highest BCUT2D eigenvalue weighted by atomic mass is 32.2. The van der Waals surface area contributed by atoms with E-state index in [0.29, 0.717) is 5.25 Å². The van der Waals surface area contributed by atoms with E-state index in [-0.39, 0.29) is 5.78 Å². The van der Waals surface area contributed by atoms with Crippen molar-refractivity contribution in [3.63, 3.8) is 0 Å². The molecule has 3 rings (SSSR count). The van der Waals surface area contributed by atoms with Crippen LogP contribution in [0.3, 0.4) is 0 Å². The van der Waals surface area contributed by atoms with Crippen LogP contribution in [0.4, 0.5) is 0 Å². The van der Waals surface area contributed by atoms with Crippen LogP contribution in [-0.4, -0.2) is 11.0 Å². The fraction of sp³-hybridized carbons (Fsp3) is 0.235. The number of hydrogen-bond donors (Lipinski definition) is 0. The Balaban J connectivity index is 2.04. The molecule has 0 N–H and O–H groups in total. The number of carbonyl (C=O) groups excluding carboxylic acids is 1. The monoisotopic (exact) mass is 268 g/mol. The lowest BCUT2D eigenvalue weighted by Gasteiger charge is -2.19. The van der Waals surface area contributed by atoms with Crippen molar-refractivity contribution < 1.29 is 4.79 Å². The Labute approximate surface area is 118 Å². The number of carbonyl (C=O) groups is 1. The Bertz CT molecular complexity index is 643. The maximum absolute atomic E-state index is 12.5. The van der Waals surface area contributed by atoms with E-state index in [0.717, 1.165) is 28.7 Å². The van der Waals surface area contributed by atoms with E-state index in [4.69, 9.17) is 0 Å². The van der Waals surface area contributed by atoms with Crippen molar-refractivity contribution >= 4 is 17.5 Å². The first-order valence-electron chi connectivity index (χ1n) is 6.57. The SMILES string of the molecule is CC(C)Sc1ccc2c(c1)C(=O)c1ccccc1C2. The molecule has 96 valence electrons. The van der Waals surface area contributed by atoms with Crippen LogP contribution in [0.15, 0.2) is 47.4 Å². The maximum atomic E-state index is 12.5. The van der Waals surface area contributed by atoms with Gasteiger partial charge in [0.05, 0.1) is 0 Å². The molecule has 0 saturated carbocycles. The molecule has 0 aliphatic heterocycles. The number of thioether (sulfide) groups is 1. The van der Waals surface area contributed by atoms with Gasteiger partial charge < -0.3 is 0 Å². The second-order valence-corrected chi connectivity index (χ2v) is 6.80. The molecule has 0 aromatic heterocycles. The minimum Gasteiger partial charge on any atom is -0.289 e. The molecule has 1 nitrogen and oxygen atoms in total. The van der Waals surface area contributed by atoms with Crippen molar-refractivity contribution in [2.45, 2.75) is 30.4 Å². The molecule has 0 unspecified atom stereocenters. The first-order valence-corrected chi connectivity index (χ1v) is 7.45. The summed E-state index contributed by atoms with van der Waals surface area (Å²) in [6, 6.07) is 14.2. The number of ketones is 1. The summed E-state index contributed by atoms with van der Waals surface area (Å²) >= 11 is 1.80. The summed E-state index contributed by atoms with van der Waals surface area (Å²) < 4.78 is 0. The van der Waals surface area contributed by atoms with E-state index in [1.54, 1.807) is 11.8 Å². The van der Waals surface area contributed by atoms with Crippen LogP contribution in [-0.2, 0) is 6.42 Å². The van der Waals surface area contributed by atoms with E-state index < -0.39 is 0 Å². The van der Waals surface area contributed by atoms with Gasteiger partial charge in [0.2, 0.25) is 0 Å². The predicted molar refractivity (Wildman–Crippen MR) is 80.1 cm³/mol. The molecule has 1 aliphatic carbocycles. The second kappa shape index (κ2) is 4.86. The van der Waals surface area contributed by atoms with E-state index in [1.165, 1.54) is 4.90 Å². The highest BCUT2D eigenvalue weighted by Crippen LogP contribution is 2.31. The van der Waals surface area contributed by atoms with Crippen molar-refractivity contribution in [2.75, 3.05) is 0 Å². The zero-order valence-electron chi connectivity index (χ0n) is 11.1. The van der Waals surface area contributed by atoms with Gasteiger partial charge in [-0.3, -0.25) is 4.79 Å². The molecular weight excluding hydrogens is 252 g/mol. The molecule has 0 atom stereocenters. The van der Waals surface area contributed by atoms with Crippen LogP contribution in [0, 0.1) is 0 Å². The Morgan fingerprint density at radius 1 is 1.00 bits per heavy atom. The van der Waals surface area contributed by atoms with E-state index in [1.807, 2.05) is 24.3 Å². The van der Waals surface area contributed by atoms with Crippen LogP contribution >= 0.6 is 11.8 Å². The van der Waals surface area contributed by atoms with Gasteiger partial charge >= 0.3 is 0 Å². The predicted octanol–water partition coefficient (Wildman–Crippen LogP) is 4.32. The van der Waals surface area contributed by atoms with Gasteiger partial charge in [-0.2, -0.15) is 0 Å². The van der Waals surface area contributed by atoms with Gasteiger partial charge in [-0.05, 0) is 29.7 Å². The average molecular weight is 268 g/mol. The zero-order valence-corrected chi connectivity index (χ0v) is 12.0. The third kappa shape index (κ3) is 2.33. The third-order valence-corrected chi connectivity index (χ3v) is 4.34. The Morgan fingerprint density at radius 3 is 2.53 bits per heavy atom. The van der Waals surface area contributed by atoms with Crippen molar-refractivity contribution in [1.82, 2.24) is 0 Å². The van der Waals surface area contributed by atoms with Crippen molar-refractivity contribution in [1.29, 1.82) is 0 Å². The molecule has 1 aliphatic rings. The number of fused-ring (bicyclic) bond motifs is 2. The topological polar surface area (TPSA) is 17.1 Å². The van der Waals surface area contributed by atoms with Crippen molar-refractivity contribution in [3.8, 4) is 0 Å². The van der Waals surface area contributed by atoms with Crippen LogP contribution < -0.4 is 0 Å². The van der Waals surface area contributed by atoms with Crippen LogP contribution in [0.25, 0.3) is 0 Å². The highest BCUT2D eigenvalue weighted by molar-refractivity contribution is 7.99. The molecule has 2 heteroatoms. The molecule has 19 heavy (non-hydrogen) atoms. The van der Waals surface area contributed by atoms with Gasteiger partial charge in [0, 0.05) is 21.3 Å². The van der Waals surface area contributed by atoms with Crippen LogP contribution in [0.1, 0.15) is 40.9 Å². The molecule has 0 bridgehead atoms. The van der Waals surface area contributed by atoms with E-state index in [2.05, 4.69) is 32.0 Å². The highest BCUT2D eigenvalue weighted by Gasteiger charge is 2.22. The van der Waals surface area contributed by atoms with Crippen LogP contribution in [0.5, 0.6) is 0 Å². The summed E-state index contributed by atoms with van der Waals surface area (Å²) in [5, 5.41) is 0.532. The van der Waals surface area contributed by atoms with Gasteiger partial charge in [0.1, 0.15) is 0 Å². The average Bonchev–Trinajstić information content (AvgIpc) is 2.39. The second-order valence-electron chi connectivity index (χ2n) is 5.15. The molecule has 0 amide bonds. The fourth-order valence-corrected chi connectivity index (χ4v) is 3.39. The summed E-state index contributed by atoms with van der Waals surface area (Å²) in [4.78, 5) is 13.7. The lowest BCUT2D eigenvalue weighted by molar-refractivity contribution is 0.103. The summed E-state index contributed by atoms with van der Waals surface area (Å²) in [7, 11) is 0. The van der Waals surface area contributed by atoms with Gasteiger partial charge in [0.25, 0.3) is 0 Å². The normalized spacial score (nSPS) is 13.3. The largest absolute Gasteiger partial charge is 0.289 e. The summed E-state index contributed by atoms with van der Waals surface area (Å²) in [6.07, 6.45) is 0.865. The maximum Gasteiger partial charge on any atom is 0.193 e. The summed E-state index contributed by atoms with van der Waals surface area (Å²) in [5.74, 6) is 0.169. The Hall–Kier alpha value is -1.54. The van der Waals surface area contributed by atoms with E-state index >= 15 is 0 Å². The zero-order chi connectivity index (χ0) is 13.4. The van der Waals surface area contributed by atoms with Gasteiger partial charge in [0.15, 0.2) is 5.78 Å². The minimum atomic E-state index is 0.169. The molecule has 0 radical (unpaired) electrons. The first-order chi connectivity index (χ1) is 9.15. The standard InChI is InChI=1S/C17H16OS/c1-11(2)19-14-8-7-13-9-12-5-3-4-6-15(12)17(18)16(13)10-14/h3-8,10-11H,9H2,1-2H3. The Kier molecular flexibility index (Phi) is 3.19. The third-order valence-electron chi connectivity index (χ3n) is 3.34. The van der Waals surface area contributed by atoms with Crippen LogP contribution in [0.2, 0.25) is 0 Å². The van der Waals surface area contributed by atoms with Gasteiger partial charge in [-0.15, -0.1) is 11.8 Å². The lowest BCUT2D eigenvalue weighted by Crippen LogP contribution is -2.14. The number of hydrogen-bond acceptors (Lipinski definition) is 2. The minimum absolute atomic E-state index is 0.169. The van der Waals surface area contributed by atoms with Gasteiger partial charge in [-0.25, -0.2) is 0 Å². The summed E-state index contributed by atoms with van der Waals surface area (Å²) in [6.45, 7) is 4.34. The van der Waals surface area contributed by atoms with Crippen molar-refractivity contribution in [3.05, 3.63) is 64.7 Å². The Morgan fingerprint density at radius 2 is 1.74 bits per heavy atom. The molecular formula is C17H16OS. The quantitative estimate of drug-likeness (QED) is 0.644. The van der Waals surface area contributed by atoms with E-state index in [9.17, 15) is 4.79 Å². The molecule has 0 spiro atoms. The summed E-state index contributed by atoms with van der Waals surface area (Å²) in [5.41, 5.74) is 4.03.